The SMILES string of the molecule is CCC1(C)CCN(CCCCCNC(C)(C)C)CC1. The van der Waals surface area contributed by atoms with Crippen molar-refractivity contribution < 1.29 is 0 Å². The third-order valence-electron chi connectivity index (χ3n) is 4.72. The molecule has 0 radical (unpaired) electrons. The molecule has 1 fully saturated rings. The topological polar surface area (TPSA) is 15.3 Å². The fraction of sp³-hybridized carbons (Fsp3) is 1.00. The van der Waals surface area contributed by atoms with Gasteiger partial charge in [0.05, 0.1) is 0 Å². The van der Waals surface area contributed by atoms with E-state index in [9.17, 15) is 0 Å². The van der Waals surface area contributed by atoms with Gasteiger partial charge in [0.2, 0.25) is 0 Å². The quantitative estimate of drug-likeness (QED) is 0.701. The van der Waals surface area contributed by atoms with Crippen molar-refractivity contribution in [2.24, 2.45) is 5.41 Å². The van der Waals surface area contributed by atoms with E-state index >= 15 is 0 Å². The van der Waals surface area contributed by atoms with Gasteiger partial charge in [-0.15, -0.1) is 0 Å². The summed E-state index contributed by atoms with van der Waals surface area (Å²) in [5, 5.41) is 3.57. The maximum absolute atomic E-state index is 3.57. The van der Waals surface area contributed by atoms with E-state index < -0.39 is 0 Å². The Hall–Kier alpha value is -0.0800. The molecule has 0 aromatic heterocycles. The molecule has 0 atom stereocenters. The van der Waals surface area contributed by atoms with Crippen LogP contribution in [0.4, 0.5) is 0 Å². The van der Waals surface area contributed by atoms with Crippen molar-refractivity contribution in [3.63, 3.8) is 0 Å². The summed E-state index contributed by atoms with van der Waals surface area (Å²) >= 11 is 0. The first-order valence-corrected chi connectivity index (χ1v) is 8.32. The average Bonchev–Trinajstić information content (AvgIpc) is 2.35. The minimum absolute atomic E-state index is 0.275. The maximum Gasteiger partial charge on any atom is 0.00965 e. The van der Waals surface area contributed by atoms with Crippen LogP contribution in [0.5, 0.6) is 0 Å². The molecule has 0 unspecified atom stereocenters. The fourth-order valence-electron chi connectivity index (χ4n) is 2.77. The van der Waals surface area contributed by atoms with Crippen LogP contribution in [0, 0.1) is 5.41 Å². The van der Waals surface area contributed by atoms with Crippen LogP contribution in [0.3, 0.4) is 0 Å². The second-order valence-electron chi connectivity index (χ2n) is 7.74. The minimum Gasteiger partial charge on any atom is -0.312 e. The van der Waals surface area contributed by atoms with Gasteiger partial charge in [-0.3, -0.25) is 0 Å². The molecule has 0 aliphatic carbocycles. The van der Waals surface area contributed by atoms with E-state index in [1.165, 1.54) is 58.2 Å². The second-order valence-corrected chi connectivity index (χ2v) is 7.74. The molecular weight excluding hydrogens is 232 g/mol. The summed E-state index contributed by atoms with van der Waals surface area (Å²) in [6.07, 6.45) is 8.19. The van der Waals surface area contributed by atoms with Crippen LogP contribution in [0.1, 0.15) is 73.1 Å². The molecule has 1 aliphatic heterocycles. The number of rotatable bonds is 7. The summed E-state index contributed by atoms with van der Waals surface area (Å²) in [4.78, 5) is 2.68. The van der Waals surface area contributed by atoms with Gasteiger partial charge in [0, 0.05) is 5.54 Å². The maximum atomic E-state index is 3.57. The van der Waals surface area contributed by atoms with Crippen molar-refractivity contribution in [1.82, 2.24) is 10.2 Å². The Balaban J connectivity index is 2.00. The lowest BCUT2D eigenvalue weighted by Gasteiger charge is -2.39. The number of unbranched alkanes of at least 4 members (excludes halogenated alkanes) is 2. The van der Waals surface area contributed by atoms with Crippen LogP contribution >= 0.6 is 0 Å². The number of likely N-dealkylation sites (tertiary alicyclic amines) is 1. The van der Waals surface area contributed by atoms with E-state index in [-0.39, 0.29) is 5.54 Å². The molecule has 0 spiro atoms. The largest absolute Gasteiger partial charge is 0.312 e. The van der Waals surface area contributed by atoms with Crippen molar-refractivity contribution in [3.8, 4) is 0 Å². The zero-order valence-electron chi connectivity index (χ0n) is 14.0. The number of nitrogens with one attached hydrogen (secondary N) is 1. The Morgan fingerprint density at radius 3 is 2.21 bits per heavy atom. The molecule has 0 saturated carbocycles. The van der Waals surface area contributed by atoms with E-state index in [1.807, 2.05) is 0 Å². The van der Waals surface area contributed by atoms with E-state index in [0.29, 0.717) is 5.41 Å². The Labute approximate surface area is 121 Å². The first-order chi connectivity index (χ1) is 8.85. The van der Waals surface area contributed by atoms with Crippen LogP contribution in [-0.4, -0.2) is 36.6 Å². The van der Waals surface area contributed by atoms with Gasteiger partial charge in [-0.2, -0.15) is 0 Å². The summed E-state index contributed by atoms with van der Waals surface area (Å²) in [6, 6.07) is 0. The Bertz CT molecular complexity index is 234. The molecule has 0 amide bonds. The molecule has 1 rings (SSSR count). The van der Waals surface area contributed by atoms with Crippen molar-refractivity contribution in [3.05, 3.63) is 0 Å². The summed E-state index contributed by atoms with van der Waals surface area (Å²) in [5.41, 5.74) is 0.907. The van der Waals surface area contributed by atoms with Gasteiger partial charge < -0.3 is 10.2 Å². The molecule has 0 bridgehead atoms. The highest BCUT2D eigenvalue weighted by atomic mass is 15.1. The van der Waals surface area contributed by atoms with E-state index in [0.717, 1.165) is 6.54 Å². The van der Waals surface area contributed by atoms with Crippen LogP contribution in [0.15, 0.2) is 0 Å². The predicted octanol–water partition coefficient (Wildman–Crippen LogP) is 4.06. The molecule has 0 aromatic rings. The van der Waals surface area contributed by atoms with Gasteiger partial charge in [0.1, 0.15) is 0 Å². The van der Waals surface area contributed by atoms with E-state index in [2.05, 4.69) is 44.8 Å². The molecule has 1 heterocycles. The second kappa shape index (κ2) is 7.64. The number of piperidine rings is 1. The highest BCUT2D eigenvalue weighted by Gasteiger charge is 2.27. The van der Waals surface area contributed by atoms with Gasteiger partial charge in [-0.25, -0.2) is 0 Å². The van der Waals surface area contributed by atoms with Gasteiger partial charge in [-0.1, -0.05) is 26.7 Å². The Kier molecular flexibility index (Phi) is 6.82. The summed E-state index contributed by atoms with van der Waals surface area (Å²) < 4.78 is 0. The van der Waals surface area contributed by atoms with Crippen molar-refractivity contribution in [1.29, 1.82) is 0 Å². The van der Waals surface area contributed by atoms with Gasteiger partial charge >= 0.3 is 0 Å². The van der Waals surface area contributed by atoms with Gasteiger partial charge in [0.15, 0.2) is 0 Å². The summed E-state index contributed by atoms with van der Waals surface area (Å²) in [7, 11) is 0. The lowest BCUT2D eigenvalue weighted by molar-refractivity contribution is 0.113. The van der Waals surface area contributed by atoms with Crippen LogP contribution in [-0.2, 0) is 0 Å². The molecule has 1 aliphatic rings. The van der Waals surface area contributed by atoms with Crippen LogP contribution in [0.25, 0.3) is 0 Å². The number of nitrogens with zero attached hydrogens (tertiary/aromatic N) is 1. The first-order valence-electron chi connectivity index (χ1n) is 8.32. The monoisotopic (exact) mass is 268 g/mol. The van der Waals surface area contributed by atoms with E-state index in [1.54, 1.807) is 0 Å². The lowest BCUT2D eigenvalue weighted by atomic mass is 9.78. The summed E-state index contributed by atoms with van der Waals surface area (Å²) in [5.74, 6) is 0. The molecule has 19 heavy (non-hydrogen) atoms. The molecular formula is C17H36N2. The minimum atomic E-state index is 0.275. The normalized spacial score (nSPS) is 20.7. The number of hydrogen-bond donors (Lipinski definition) is 1. The zero-order valence-corrected chi connectivity index (χ0v) is 14.0. The Morgan fingerprint density at radius 2 is 1.68 bits per heavy atom. The number of hydrogen-bond acceptors (Lipinski definition) is 2. The van der Waals surface area contributed by atoms with Gasteiger partial charge in [0.25, 0.3) is 0 Å². The van der Waals surface area contributed by atoms with Gasteiger partial charge in [-0.05, 0) is 78.0 Å². The zero-order chi connectivity index (χ0) is 14.4. The molecule has 114 valence electrons. The molecule has 1 N–H and O–H groups in total. The molecule has 1 saturated heterocycles. The third kappa shape index (κ3) is 7.31. The first kappa shape index (κ1) is 17.0. The molecule has 2 nitrogen and oxygen atoms in total. The highest BCUT2D eigenvalue weighted by Crippen LogP contribution is 2.33. The standard InChI is InChI=1S/C17H36N2/c1-6-17(5)10-14-19(15-11-17)13-9-7-8-12-18-16(2,3)4/h18H,6-15H2,1-5H3. The van der Waals surface area contributed by atoms with Crippen molar-refractivity contribution in [2.75, 3.05) is 26.2 Å². The highest BCUT2D eigenvalue weighted by molar-refractivity contribution is 4.81. The average molecular weight is 268 g/mol. The van der Waals surface area contributed by atoms with Crippen LogP contribution in [0.2, 0.25) is 0 Å². The summed E-state index contributed by atoms with van der Waals surface area (Å²) in [6.45, 7) is 16.7. The predicted molar refractivity (Wildman–Crippen MR) is 85.7 cm³/mol. The van der Waals surface area contributed by atoms with E-state index in [4.69, 9.17) is 0 Å². The lowest BCUT2D eigenvalue weighted by Crippen LogP contribution is -2.39. The van der Waals surface area contributed by atoms with Crippen molar-refractivity contribution >= 4 is 0 Å². The molecule has 0 aromatic carbocycles. The Morgan fingerprint density at radius 1 is 1.05 bits per heavy atom. The van der Waals surface area contributed by atoms with Crippen LogP contribution < -0.4 is 5.32 Å². The van der Waals surface area contributed by atoms with Crippen molar-refractivity contribution in [2.45, 2.75) is 78.7 Å². The molecule has 2 heteroatoms. The fourth-order valence-corrected chi connectivity index (χ4v) is 2.77. The third-order valence-corrected chi connectivity index (χ3v) is 4.72. The smallest absolute Gasteiger partial charge is 0.00965 e.